The smallest absolute Gasteiger partial charge is 0.226 e. The summed E-state index contributed by atoms with van der Waals surface area (Å²) in [5.74, 6) is 0.0911. The molecule has 0 saturated heterocycles. The highest BCUT2D eigenvalue weighted by atomic mass is 32.1. The van der Waals surface area contributed by atoms with E-state index in [4.69, 9.17) is 5.73 Å². The highest BCUT2D eigenvalue weighted by Crippen LogP contribution is 2.18. The first-order valence-electron chi connectivity index (χ1n) is 7.14. The van der Waals surface area contributed by atoms with Crippen molar-refractivity contribution in [2.75, 3.05) is 0 Å². The van der Waals surface area contributed by atoms with Crippen LogP contribution in [0.2, 0.25) is 0 Å². The summed E-state index contributed by atoms with van der Waals surface area (Å²) in [6, 6.07) is 0.310. The summed E-state index contributed by atoms with van der Waals surface area (Å²) in [6.45, 7) is 1.91. The summed E-state index contributed by atoms with van der Waals surface area (Å²) >= 11 is 1.53. The van der Waals surface area contributed by atoms with Crippen molar-refractivity contribution in [3.05, 3.63) is 16.1 Å². The largest absolute Gasteiger partial charge is 0.353 e. The van der Waals surface area contributed by atoms with Gasteiger partial charge in [0.2, 0.25) is 5.91 Å². The number of thiazole rings is 1. The van der Waals surface area contributed by atoms with Crippen LogP contribution >= 0.6 is 11.3 Å². The average molecular weight is 281 g/mol. The van der Waals surface area contributed by atoms with Gasteiger partial charge >= 0.3 is 0 Å². The molecule has 1 fully saturated rings. The summed E-state index contributed by atoms with van der Waals surface area (Å²) in [5.41, 5.74) is 6.61. The molecule has 1 unspecified atom stereocenters. The average Bonchev–Trinajstić information content (AvgIpc) is 2.67. The van der Waals surface area contributed by atoms with Crippen molar-refractivity contribution < 1.29 is 4.79 Å². The van der Waals surface area contributed by atoms with E-state index in [0.717, 1.165) is 23.5 Å². The molecule has 1 aromatic heterocycles. The zero-order chi connectivity index (χ0) is 13.7. The van der Waals surface area contributed by atoms with Gasteiger partial charge in [0.15, 0.2) is 0 Å². The lowest BCUT2D eigenvalue weighted by Gasteiger charge is -2.15. The first kappa shape index (κ1) is 14.5. The van der Waals surface area contributed by atoms with Crippen molar-refractivity contribution in [1.29, 1.82) is 0 Å². The number of carbonyl (C=O) groups excluding carboxylic acids is 1. The minimum Gasteiger partial charge on any atom is -0.353 e. The number of aromatic nitrogens is 1. The molecule has 1 aromatic rings. The van der Waals surface area contributed by atoms with Gasteiger partial charge in [0.05, 0.1) is 18.2 Å². The number of nitrogens with two attached hydrogens (primary N) is 1. The molecule has 0 aliphatic heterocycles. The Morgan fingerprint density at radius 2 is 2.16 bits per heavy atom. The van der Waals surface area contributed by atoms with Gasteiger partial charge in [-0.15, -0.1) is 11.3 Å². The maximum absolute atomic E-state index is 12.0. The Labute approximate surface area is 118 Å². The molecule has 106 valence electrons. The Morgan fingerprint density at radius 3 is 2.74 bits per heavy atom. The second-order valence-electron chi connectivity index (χ2n) is 5.40. The monoisotopic (exact) mass is 281 g/mol. The van der Waals surface area contributed by atoms with E-state index in [1.165, 1.54) is 37.0 Å². The van der Waals surface area contributed by atoms with E-state index >= 15 is 0 Å². The van der Waals surface area contributed by atoms with E-state index in [0.29, 0.717) is 12.5 Å². The fourth-order valence-corrected chi connectivity index (χ4v) is 3.26. The SMILES string of the molecule is CC(N)c1nc(CC(=O)NC2CCCCCC2)cs1. The van der Waals surface area contributed by atoms with E-state index < -0.39 is 0 Å². The van der Waals surface area contributed by atoms with Crippen LogP contribution in [0, 0.1) is 0 Å². The van der Waals surface area contributed by atoms with Crippen LogP contribution in [0.5, 0.6) is 0 Å². The highest BCUT2D eigenvalue weighted by molar-refractivity contribution is 7.09. The maximum atomic E-state index is 12.0. The molecule has 19 heavy (non-hydrogen) atoms. The van der Waals surface area contributed by atoms with Gasteiger partial charge in [-0.25, -0.2) is 4.98 Å². The standard InChI is InChI=1S/C14H23N3OS/c1-10(15)14-17-12(9-19-14)8-13(18)16-11-6-4-2-3-5-7-11/h9-11H,2-8,15H2,1H3,(H,16,18). The van der Waals surface area contributed by atoms with Crippen LogP contribution in [0.15, 0.2) is 5.38 Å². The molecule has 1 aliphatic carbocycles. The number of hydrogen-bond acceptors (Lipinski definition) is 4. The predicted octanol–water partition coefficient (Wildman–Crippen LogP) is 2.54. The number of amides is 1. The van der Waals surface area contributed by atoms with Crippen molar-refractivity contribution in [1.82, 2.24) is 10.3 Å². The fraction of sp³-hybridized carbons (Fsp3) is 0.714. The molecule has 0 radical (unpaired) electrons. The molecule has 0 spiro atoms. The van der Waals surface area contributed by atoms with E-state index in [1.807, 2.05) is 12.3 Å². The predicted molar refractivity (Wildman–Crippen MR) is 78.1 cm³/mol. The normalized spacial score (nSPS) is 18.8. The van der Waals surface area contributed by atoms with Crippen molar-refractivity contribution in [3.63, 3.8) is 0 Å². The van der Waals surface area contributed by atoms with E-state index in [2.05, 4.69) is 10.3 Å². The van der Waals surface area contributed by atoms with Gasteiger partial charge < -0.3 is 11.1 Å². The zero-order valence-electron chi connectivity index (χ0n) is 11.5. The van der Waals surface area contributed by atoms with Gasteiger partial charge in [-0.2, -0.15) is 0 Å². The lowest BCUT2D eigenvalue weighted by Crippen LogP contribution is -2.35. The second kappa shape index (κ2) is 7.01. The van der Waals surface area contributed by atoms with Crippen LogP contribution in [0.1, 0.15) is 62.2 Å². The minimum atomic E-state index is -0.0522. The number of carbonyl (C=O) groups is 1. The summed E-state index contributed by atoms with van der Waals surface area (Å²) in [5, 5.41) is 5.98. The van der Waals surface area contributed by atoms with Crippen LogP contribution < -0.4 is 11.1 Å². The second-order valence-corrected chi connectivity index (χ2v) is 6.29. The van der Waals surface area contributed by atoms with Crippen molar-refractivity contribution >= 4 is 17.2 Å². The molecule has 5 heteroatoms. The van der Waals surface area contributed by atoms with Crippen molar-refractivity contribution in [3.8, 4) is 0 Å². The number of nitrogens with zero attached hydrogens (tertiary/aromatic N) is 1. The Bertz CT molecular complexity index is 409. The van der Waals surface area contributed by atoms with Gasteiger partial charge in [0, 0.05) is 11.4 Å². The summed E-state index contributed by atoms with van der Waals surface area (Å²) in [4.78, 5) is 16.4. The summed E-state index contributed by atoms with van der Waals surface area (Å²) < 4.78 is 0. The van der Waals surface area contributed by atoms with Crippen LogP contribution in [0.3, 0.4) is 0 Å². The molecule has 1 amide bonds. The van der Waals surface area contributed by atoms with Gasteiger partial charge in [0.1, 0.15) is 5.01 Å². The molecule has 0 bridgehead atoms. The maximum Gasteiger partial charge on any atom is 0.226 e. The number of hydrogen-bond donors (Lipinski definition) is 2. The first-order chi connectivity index (χ1) is 9.15. The van der Waals surface area contributed by atoms with Crippen molar-refractivity contribution in [2.24, 2.45) is 5.73 Å². The van der Waals surface area contributed by atoms with Gasteiger partial charge in [-0.05, 0) is 19.8 Å². The van der Waals surface area contributed by atoms with Gasteiger partial charge in [0.25, 0.3) is 0 Å². The van der Waals surface area contributed by atoms with E-state index in [9.17, 15) is 4.79 Å². The zero-order valence-corrected chi connectivity index (χ0v) is 12.3. The van der Waals surface area contributed by atoms with Crippen LogP contribution in [-0.2, 0) is 11.2 Å². The van der Waals surface area contributed by atoms with Crippen LogP contribution in [0.25, 0.3) is 0 Å². The molecule has 1 saturated carbocycles. The molecular formula is C14H23N3OS. The molecule has 1 heterocycles. The quantitative estimate of drug-likeness (QED) is 0.833. The minimum absolute atomic E-state index is 0.0522. The number of nitrogens with one attached hydrogen (secondary N) is 1. The Balaban J connectivity index is 1.82. The first-order valence-corrected chi connectivity index (χ1v) is 8.02. The third-order valence-electron chi connectivity index (χ3n) is 3.52. The van der Waals surface area contributed by atoms with Gasteiger partial charge in [-0.1, -0.05) is 25.7 Å². The lowest BCUT2D eigenvalue weighted by atomic mass is 10.1. The molecule has 2 rings (SSSR count). The Morgan fingerprint density at radius 1 is 1.47 bits per heavy atom. The molecule has 1 aliphatic rings. The van der Waals surface area contributed by atoms with Crippen LogP contribution in [0.4, 0.5) is 0 Å². The molecule has 4 nitrogen and oxygen atoms in total. The number of rotatable bonds is 4. The van der Waals surface area contributed by atoms with E-state index in [1.54, 1.807) is 0 Å². The molecule has 1 atom stereocenters. The fourth-order valence-electron chi connectivity index (χ4n) is 2.48. The molecular weight excluding hydrogens is 258 g/mol. The molecule has 0 aromatic carbocycles. The topological polar surface area (TPSA) is 68.0 Å². The Hall–Kier alpha value is -0.940. The lowest BCUT2D eigenvalue weighted by molar-refractivity contribution is -0.121. The summed E-state index contributed by atoms with van der Waals surface area (Å²) in [7, 11) is 0. The Kier molecular flexibility index (Phi) is 5.34. The summed E-state index contributed by atoms with van der Waals surface area (Å²) in [6.07, 6.45) is 7.68. The van der Waals surface area contributed by atoms with Crippen LogP contribution in [-0.4, -0.2) is 16.9 Å². The molecule has 3 N–H and O–H groups in total. The highest BCUT2D eigenvalue weighted by Gasteiger charge is 2.16. The third kappa shape index (κ3) is 4.58. The van der Waals surface area contributed by atoms with E-state index in [-0.39, 0.29) is 11.9 Å². The van der Waals surface area contributed by atoms with Crippen molar-refractivity contribution in [2.45, 2.75) is 64.0 Å². The van der Waals surface area contributed by atoms with Gasteiger partial charge in [-0.3, -0.25) is 4.79 Å². The third-order valence-corrected chi connectivity index (χ3v) is 4.62.